The van der Waals surface area contributed by atoms with Crippen LogP contribution in [0.4, 0.5) is 0 Å². The first-order chi connectivity index (χ1) is 11.3. The summed E-state index contributed by atoms with van der Waals surface area (Å²) in [7, 11) is 0. The van der Waals surface area contributed by atoms with E-state index >= 15 is 0 Å². The quantitative estimate of drug-likeness (QED) is 0.516. The van der Waals surface area contributed by atoms with Gasteiger partial charge in [0.15, 0.2) is 0 Å². The standard InChI is InChI=1S/2C10H12.C3H6/c2*1-2-3-7-10-8-5-4-6-9-10;1-3-2/h2*3-9H,2H2,1H3;3H,1H2,2H3/b2*7-3+;. The van der Waals surface area contributed by atoms with Gasteiger partial charge < -0.3 is 0 Å². The zero-order valence-corrected chi connectivity index (χ0v) is 14.8. The summed E-state index contributed by atoms with van der Waals surface area (Å²) in [5, 5.41) is 0. The SMILES string of the molecule is C=CC.CC/C=C/c1ccccc1.CC/C=C/c1ccccc1. The molecule has 2 aromatic rings. The monoisotopic (exact) mass is 306 g/mol. The third-order valence-corrected chi connectivity index (χ3v) is 2.69. The van der Waals surface area contributed by atoms with Crippen LogP contribution in [0.5, 0.6) is 0 Å². The van der Waals surface area contributed by atoms with Crippen molar-refractivity contribution in [2.24, 2.45) is 0 Å². The fraction of sp³-hybridized carbons (Fsp3) is 0.217. The van der Waals surface area contributed by atoms with Gasteiger partial charge in [0.2, 0.25) is 0 Å². The predicted octanol–water partition coefficient (Wildman–Crippen LogP) is 7.41. The summed E-state index contributed by atoms with van der Waals surface area (Å²) in [6, 6.07) is 20.7. The molecule has 0 unspecified atom stereocenters. The van der Waals surface area contributed by atoms with Crippen molar-refractivity contribution in [3.63, 3.8) is 0 Å². The summed E-state index contributed by atoms with van der Waals surface area (Å²) in [6.45, 7) is 9.53. The van der Waals surface area contributed by atoms with Crippen molar-refractivity contribution in [2.45, 2.75) is 33.6 Å². The Hall–Kier alpha value is -2.34. The first-order valence-corrected chi connectivity index (χ1v) is 8.28. The van der Waals surface area contributed by atoms with Crippen LogP contribution in [-0.4, -0.2) is 0 Å². The van der Waals surface area contributed by atoms with Crippen LogP contribution in [0.25, 0.3) is 12.2 Å². The molecule has 0 heteroatoms. The molecule has 0 aliphatic heterocycles. The molecule has 0 nitrogen and oxygen atoms in total. The fourth-order valence-electron chi connectivity index (χ4n) is 1.64. The lowest BCUT2D eigenvalue weighted by Gasteiger charge is -1.88. The molecule has 2 rings (SSSR count). The molecule has 0 spiro atoms. The molecule has 0 N–H and O–H groups in total. The van der Waals surface area contributed by atoms with Crippen molar-refractivity contribution in [3.8, 4) is 0 Å². The third kappa shape index (κ3) is 13.1. The summed E-state index contributed by atoms with van der Waals surface area (Å²) in [5.41, 5.74) is 2.56. The third-order valence-electron chi connectivity index (χ3n) is 2.69. The van der Waals surface area contributed by atoms with Gasteiger partial charge in [-0.1, -0.05) is 105 Å². The zero-order chi connectivity index (χ0) is 17.2. The molecule has 122 valence electrons. The van der Waals surface area contributed by atoms with Gasteiger partial charge in [0.05, 0.1) is 0 Å². The number of hydrogen-bond acceptors (Lipinski definition) is 0. The van der Waals surface area contributed by atoms with E-state index in [0.29, 0.717) is 0 Å². The van der Waals surface area contributed by atoms with E-state index in [1.807, 2.05) is 19.1 Å². The minimum Gasteiger partial charge on any atom is -0.103 e. The second kappa shape index (κ2) is 16.0. The average Bonchev–Trinajstić information content (AvgIpc) is 2.61. The topological polar surface area (TPSA) is 0 Å². The van der Waals surface area contributed by atoms with Gasteiger partial charge in [0, 0.05) is 0 Å². The van der Waals surface area contributed by atoms with E-state index in [2.05, 4.69) is 93.3 Å². The number of benzene rings is 2. The van der Waals surface area contributed by atoms with Crippen LogP contribution in [0.1, 0.15) is 44.7 Å². The molecule has 0 aliphatic rings. The maximum Gasteiger partial charge on any atom is -0.0260 e. The van der Waals surface area contributed by atoms with Gasteiger partial charge in [0.1, 0.15) is 0 Å². The van der Waals surface area contributed by atoms with E-state index in [0.717, 1.165) is 12.8 Å². The molecule has 0 heterocycles. The highest BCUT2D eigenvalue weighted by molar-refractivity contribution is 5.48. The lowest BCUT2D eigenvalue weighted by molar-refractivity contribution is 1.23. The van der Waals surface area contributed by atoms with E-state index in [1.165, 1.54) is 11.1 Å². The number of rotatable bonds is 4. The first-order valence-electron chi connectivity index (χ1n) is 8.28. The average molecular weight is 306 g/mol. The maximum atomic E-state index is 3.36. The highest BCUT2D eigenvalue weighted by Crippen LogP contribution is 2.01. The summed E-state index contributed by atoms with van der Waals surface area (Å²) in [5.74, 6) is 0. The molecule has 0 bridgehead atoms. The smallest absolute Gasteiger partial charge is 0.0260 e. The Kier molecular flexibility index (Phi) is 14.4. The van der Waals surface area contributed by atoms with Crippen molar-refractivity contribution in [1.29, 1.82) is 0 Å². The van der Waals surface area contributed by atoms with Crippen molar-refractivity contribution in [1.82, 2.24) is 0 Å². The van der Waals surface area contributed by atoms with Crippen molar-refractivity contribution in [3.05, 3.63) is 96.6 Å². The number of hydrogen-bond donors (Lipinski definition) is 0. The Morgan fingerprint density at radius 3 is 1.26 bits per heavy atom. The Labute approximate surface area is 142 Å². The minimum absolute atomic E-state index is 1.11. The van der Waals surface area contributed by atoms with Gasteiger partial charge in [0.25, 0.3) is 0 Å². The Morgan fingerprint density at radius 2 is 1.00 bits per heavy atom. The largest absolute Gasteiger partial charge is 0.103 e. The molecule has 0 saturated heterocycles. The van der Waals surface area contributed by atoms with Gasteiger partial charge in [-0.3, -0.25) is 0 Å². The Morgan fingerprint density at radius 1 is 0.696 bits per heavy atom. The molecule has 0 atom stereocenters. The van der Waals surface area contributed by atoms with Gasteiger partial charge in [-0.05, 0) is 30.9 Å². The van der Waals surface area contributed by atoms with Crippen LogP contribution in [-0.2, 0) is 0 Å². The van der Waals surface area contributed by atoms with E-state index < -0.39 is 0 Å². The molecule has 0 aliphatic carbocycles. The molecule has 2 aromatic carbocycles. The Bertz CT molecular complexity index is 483. The van der Waals surface area contributed by atoms with E-state index in [-0.39, 0.29) is 0 Å². The highest BCUT2D eigenvalue weighted by Gasteiger charge is 1.79. The van der Waals surface area contributed by atoms with Crippen LogP contribution in [0.2, 0.25) is 0 Å². The number of allylic oxidation sites excluding steroid dienone is 3. The van der Waals surface area contributed by atoms with Gasteiger partial charge >= 0.3 is 0 Å². The van der Waals surface area contributed by atoms with Gasteiger partial charge in [-0.25, -0.2) is 0 Å². The van der Waals surface area contributed by atoms with E-state index in [4.69, 9.17) is 0 Å². The second-order valence-electron chi connectivity index (χ2n) is 4.85. The molecular weight excluding hydrogens is 276 g/mol. The highest BCUT2D eigenvalue weighted by atomic mass is 13.9. The van der Waals surface area contributed by atoms with Gasteiger partial charge in [-0.2, -0.15) is 0 Å². The lowest BCUT2D eigenvalue weighted by Crippen LogP contribution is -1.66. The van der Waals surface area contributed by atoms with Gasteiger partial charge in [-0.15, -0.1) is 6.58 Å². The predicted molar refractivity (Wildman–Crippen MR) is 107 cm³/mol. The summed E-state index contributed by atoms with van der Waals surface area (Å²) in [4.78, 5) is 0. The summed E-state index contributed by atoms with van der Waals surface area (Å²) in [6.07, 6.45) is 12.6. The van der Waals surface area contributed by atoms with Crippen LogP contribution >= 0.6 is 0 Å². The minimum atomic E-state index is 1.11. The maximum absolute atomic E-state index is 3.36. The van der Waals surface area contributed by atoms with E-state index in [1.54, 1.807) is 6.08 Å². The van der Waals surface area contributed by atoms with Crippen LogP contribution in [0, 0.1) is 0 Å². The zero-order valence-electron chi connectivity index (χ0n) is 14.8. The molecule has 23 heavy (non-hydrogen) atoms. The molecule has 0 amide bonds. The van der Waals surface area contributed by atoms with Crippen molar-refractivity contribution >= 4 is 12.2 Å². The lowest BCUT2D eigenvalue weighted by atomic mass is 10.2. The van der Waals surface area contributed by atoms with Crippen LogP contribution < -0.4 is 0 Å². The molecule has 0 saturated carbocycles. The first kappa shape index (κ1) is 20.7. The molecular formula is C23H30. The Balaban J connectivity index is 0.000000360. The second-order valence-corrected chi connectivity index (χ2v) is 4.85. The van der Waals surface area contributed by atoms with Crippen LogP contribution in [0.15, 0.2) is 85.5 Å². The van der Waals surface area contributed by atoms with Crippen LogP contribution in [0.3, 0.4) is 0 Å². The van der Waals surface area contributed by atoms with Crippen molar-refractivity contribution in [2.75, 3.05) is 0 Å². The van der Waals surface area contributed by atoms with E-state index in [9.17, 15) is 0 Å². The van der Waals surface area contributed by atoms with Crippen molar-refractivity contribution < 1.29 is 0 Å². The summed E-state index contributed by atoms with van der Waals surface area (Å²) >= 11 is 0. The molecule has 0 fully saturated rings. The summed E-state index contributed by atoms with van der Waals surface area (Å²) < 4.78 is 0. The fourth-order valence-corrected chi connectivity index (χ4v) is 1.64. The molecule has 0 aromatic heterocycles. The molecule has 0 radical (unpaired) electrons. The normalized spacial score (nSPS) is 9.70.